The maximum atomic E-state index is 11.6. The highest BCUT2D eigenvalue weighted by molar-refractivity contribution is 6.30. The van der Waals surface area contributed by atoms with Gasteiger partial charge in [0.15, 0.2) is 0 Å². The molecule has 0 unspecified atom stereocenters. The topological polar surface area (TPSA) is 58.2 Å². The van der Waals surface area contributed by atoms with Crippen LogP contribution in [0.3, 0.4) is 0 Å². The van der Waals surface area contributed by atoms with E-state index in [4.69, 9.17) is 11.6 Å². The Morgan fingerprint density at radius 3 is 2.63 bits per heavy atom. The third-order valence-electron chi connectivity index (χ3n) is 2.47. The van der Waals surface area contributed by atoms with E-state index < -0.39 is 0 Å². The fourth-order valence-corrected chi connectivity index (χ4v) is 1.67. The molecule has 1 rings (SSSR count). The highest BCUT2D eigenvalue weighted by Gasteiger charge is 2.09. The van der Waals surface area contributed by atoms with Crippen molar-refractivity contribution in [3.63, 3.8) is 0 Å². The second-order valence-electron chi connectivity index (χ2n) is 4.77. The van der Waals surface area contributed by atoms with E-state index in [0.717, 1.165) is 6.42 Å². The van der Waals surface area contributed by atoms with E-state index in [-0.39, 0.29) is 18.2 Å². The van der Waals surface area contributed by atoms with E-state index in [0.29, 0.717) is 23.2 Å². The maximum absolute atomic E-state index is 11.6. The number of carbonyl (C=O) groups excluding carboxylic acids is 2. The van der Waals surface area contributed by atoms with Gasteiger partial charge < -0.3 is 10.6 Å². The Bertz CT molecular complexity index is 447. The highest BCUT2D eigenvalue weighted by atomic mass is 35.5. The minimum absolute atomic E-state index is 0.176. The molecule has 0 aliphatic carbocycles. The van der Waals surface area contributed by atoms with Crippen LogP contribution in [0.5, 0.6) is 0 Å². The summed E-state index contributed by atoms with van der Waals surface area (Å²) < 4.78 is 0. The van der Waals surface area contributed by atoms with Crippen LogP contribution in [-0.4, -0.2) is 18.4 Å². The quantitative estimate of drug-likeness (QED) is 0.788. The molecule has 0 saturated heterocycles. The molecular weight excluding hydrogens is 264 g/mol. The molecule has 0 radical (unpaired) electrons. The number of anilines is 1. The normalized spacial score (nSPS) is 10.3. The number of benzene rings is 1. The summed E-state index contributed by atoms with van der Waals surface area (Å²) in [6, 6.07) is 6.81. The Labute approximate surface area is 118 Å². The first kappa shape index (κ1) is 15.5. The van der Waals surface area contributed by atoms with Crippen molar-refractivity contribution in [2.45, 2.75) is 26.7 Å². The lowest BCUT2D eigenvalue weighted by Gasteiger charge is -2.08. The monoisotopic (exact) mass is 282 g/mol. The smallest absolute Gasteiger partial charge is 0.233 e. The molecule has 0 aromatic heterocycles. The third-order valence-corrected chi connectivity index (χ3v) is 2.71. The predicted molar refractivity (Wildman–Crippen MR) is 77.2 cm³/mol. The molecule has 4 nitrogen and oxygen atoms in total. The van der Waals surface area contributed by atoms with Gasteiger partial charge in [0, 0.05) is 17.3 Å². The van der Waals surface area contributed by atoms with Crippen molar-refractivity contribution in [2.24, 2.45) is 5.92 Å². The SMILES string of the molecule is CC(C)CCNC(=O)CC(=O)Nc1cccc(Cl)c1. The second-order valence-corrected chi connectivity index (χ2v) is 5.20. The van der Waals surface area contributed by atoms with Gasteiger partial charge >= 0.3 is 0 Å². The predicted octanol–water partition coefficient (Wildman–Crippen LogP) is 2.83. The fraction of sp³-hybridized carbons (Fsp3) is 0.429. The maximum Gasteiger partial charge on any atom is 0.233 e. The van der Waals surface area contributed by atoms with Gasteiger partial charge in [0.25, 0.3) is 0 Å². The zero-order chi connectivity index (χ0) is 14.3. The van der Waals surface area contributed by atoms with E-state index in [9.17, 15) is 9.59 Å². The van der Waals surface area contributed by atoms with Crippen LogP contribution < -0.4 is 10.6 Å². The van der Waals surface area contributed by atoms with E-state index in [1.165, 1.54) is 0 Å². The minimum Gasteiger partial charge on any atom is -0.356 e. The molecule has 0 aliphatic rings. The molecule has 2 amide bonds. The third kappa shape index (κ3) is 6.82. The first-order valence-corrected chi connectivity index (χ1v) is 6.67. The molecule has 0 spiro atoms. The van der Waals surface area contributed by atoms with Gasteiger partial charge in [-0.25, -0.2) is 0 Å². The van der Waals surface area contributed by atoms with Crippen LogP contribution in [0.25, 0.3) is 0 Å². The Morgan fingerprint density at radius 2 is 2.00 bits per heavy atom. The lowest BCUT2D eigenvalue weighted by atomic mass is 10.1. The molecule has 0 aliphatic heterocycles. The van der Waals surface area contributed by atoms with E-state index in [1.54, 1.807) is 24.3 Å². The van der Waals surface area contributed by atoms with Gasteiger partial charge in [-0.1, -0.05) is 31.5 Å². The average molecular weight is 283 g/mol. The minimum atomic E-state index is -0.343. The summed E-state index contributed by atoms with van der Waals surface area (Å²) in [5.74, 6) is -0.0786. The molecule has 0 heterocycles. The Kier molecular flexibility index (Phi) is 6.36. The molecule has 0 fully saturated rings. The fourth-order valence-electron chi connectivity index (χ4n) is 1.48. The van der Waals surface area contributed by atoms with Crippen molar-refractivity contribution in [3.8, 4) is 0 Å². The number of hydrogen-bond acceptors (Lipinski definition) is 2. The number of hydrogen-bond donors (Lipinski definition) is 2. The number of nitrogens with one attached hydrogen (secondary N) is 2. The van der Waals surface area contributed by atoms with Crippen molar-refractivity contribution in [3.05, 3.63) is 29.3 Å². The molecule has 0 atom stereocenters. The summed E-state index contributed by atoms with van der Waals surface area (Å²) in [4.78, 5) is 23.1. The van der Waals surface area contributed by atoms with Crippen LogP contribution in [-0.2, 0) is 9.59 Å². The zero-order valence-corrected chi connectivity index (χ0v) is 12.0. The van der Waals surface area contributed by atoms with E-state index >= 15 is 0 Å². The lowest BCUT2D eigenvalue weighted by Crippen LogP contribution is -2.29. The summed E-state index contributed by atoms with van der Waals surface area (Å²) in [7, 11) is 0. The summed E-state index contributed by atoms with van der Waals surface area (Å²) >= 11 is 5.80. The molecule has 104 valence electrons. The largest absolute Gasteiger partial charge is 0.356 e. The lowest BCUT2D eigenvalue weighted by molar-refractivity contribution is -0.126. The summed E-state index contributed by atoms with van der Waals surface area (Å²) in [6.07, 6.45) is 0.728. The van der Waals surface area contributed by atoms with Gasteiger partial charge in [-0.15, -0.1) is 0 Å². The average Bonchev–Trinajstić information content (AvgIpc) is 2.27. The van der Waals surface area contributed by atoms with E-state index in [1.807, 2.05) is 0 Å². The van der Waals surface area contributed by atoms with Gasteiger partial charge in [-0.3, -0.25) is 9.59 Å². The molecule has 2 N–H and O–H groups in total. The van der Waals surface area contributed by atoms with Crippen molar-refractivity contribution < 1.29 is 9.59 Å². The first-order chi connectivity index (χ1) is 8.97. The van der Waals surface area contributed by atoms with E-state index in [2.05, 4.69) is 24.5 Å². The molecule has 1 aromatic rings. The van der Waals surface area contributed by atoms with Crippen molar-refractivity contribution >= 4 is 29.1 Å². The molecular formula is C14H19ClN2O2. The molecule has 1 aromatic carbocycles. The summed E-state index contributed by atoms with van der Waals surface area (Å²) in [5, 5.41) is 5.89. The van der Waals surface area contributed by atoms with Crippen LogP contribution in [0.15, 0.2) is 24.3 Å². The number of amides is 2. The first-order valence-electron chi connectivity index (χ1n) is 6.29. The van der Waals surface area contributed by atoms with Crippen molar-refractivity contribution in [2.75, 3.05) is 11.9 Å². The standard InChI is InChI=1S/C14H19ClN2O2/c1-10(2)6-7-16-13(18)9-14(19)17-12-5-3-4-11(15)8-12/h3-5,8,10H,6-7,9H2,1-2H3,(H,16,18)(H,17,19). The molecule has 19 heavy (non-hydrogen) atoms. The zero-order valence-electron chi connectivity index (χ0n) is 11.2. The van der Waals surface area contributed by atoms with Gasteiger partial charge in [-0.2, -0.15) is 0 Å². The van der Waals surface area contributed by atoms with Crippen LogP contribution >= 0.6 is 11.6 Å². The van der Waals surface area contributed by atoms with Crippen LogP contribution in [0.2, 0.25) is 5.02 Å². The van der Waals surface area contributed by atoms with Gasteiger partial charge in [0.05, 0.1) is 0 Å². The number of halogens is 1. The number of rotatable bonds is 6. The Morgan fingerprint density at radius 1 is 1.26 bits per heavy atom. The number of carbonyl (C=O) groups is 2. The van der Waals surface area contributed by atoms with Gasteiger partial charge in [0.2, 0.25) is 11.8 Å². The highest BCUT2D eigenvalue weighted by Crippen LogP contribution is 2.14. The van der Waals surface area contributed by atoms with Crippen LogP contribution in [0.4, 0.5) is 5.69 Å². The van der Waals surface area contributed by atoms with Crippen molar-refractivity contribution in [1.82, 2.24) is 5.32 Å². The second kappa shape index (κ2) is 7.79. The van der Waals surface area contributed by atoms with Gasteiger partial charge in [-0.05, 0) is 30.5 Å². The molecule has 0 saturated carbocycles. The van der Waals surface area contributed by atoms with Crippen LogP contribution in [0, 0.1) is 5.92 Å². The summed E-state index contributed by atoms with van der Waals surface area (Å²) in [5.41, 5.74) is 0.590. The van der Waals surface area contributed by atoms with Gasteiger partial charge in [0.1, 0.15) is 6.42 Å². The Balaban J connectivity index is 2.33. The Hall–Kier alpha value is -1.55. The van der Waals surface area contributed by atoms with Crippen LogP contribution in [0.1, 0.15) is 26.7 Å². The van der Waals surface area contributed by atoms with Crippen molar-refractivity contribution in [1.29, 1.82) is 0 Å². The summed E-state index contributed by atoms with van der Waals surface area (Å²) in [6.45, 7) is 4.76. The molecule has 5 heteroatoms. The molecule has 0 bridgehead atoms.